The quantitative estimate of drug-likeness (QED) is 0.886. The molecule has 76 valence electrons. The van der Waals surface area contributed by atoms with E-state index in [4.69, 9.17) is 10.5 Å². The molecule has 0 saturated heterocycles. The van der Waals surface area contributed by atoms with Gasteiger partial charge in [0.05, 0.1) is 11.6 Å². The van der Waals surface area contributed by atoms with Crippen LogP contribution in [-0.2, 0) is 5.54 Å². The fourth-order valence-corrected chi connectivity index (χ4v) is 1.87. The first-order valence-corrected chi connectivity index (χ1v) is 5.18. The van der Waals surface area contributed by atoms with Crippen molar-refractivity contribution >= 4 is 15.9 Å². The van der Waals surface area contributed by atoms with E-state index in [0.717, 1.165) is 18.4 Å². The van der Waals surface area contributed by atoms with Crippen molar-refractivity contribution < 1.29 is 9.13 Å². The average Bonchev–Trinajstić information content (AvgIpc) is 2.89. The third kappa shape index (κ3) is 1.53. The topological polar surface area (TPSA) is 35.2 Å². The van der Waals surface area contributed by atoms with Crippen LogP contribution in [0.3, 0.4) is 0 Å². The SMILES string of the molecule is COc1cc(C2(N)CC2)cc(Br)c1F. The van der Waals surface area contributed by atoms with E-state index in [1.807, 2.05) is 0 Å². The first-order valence-electron chi connectivity index (χ1n) is 4.39. The highest BCUT2D eigenvalue weighted by Gasteiger charge is 2.40. The zero-order valence-electron chi connectivity index (χ0n) is 7.81. The molecule has 2 N–H and O–H groups in total. The zero-order chi connectivity index (χ0) is 10.3. The molecule has 0 atom stereocenters. The van der Waals surface area contributed by atoms with Crippen molar-refractivity contribution in [2.45, 2.75) is 18.4 Å². The molecule has 1 saturated carbocycles. The minimum Gasteiger partial charge on any atom is -0.494 e. The van der Waals surface area contributed by atoms with Crippen LogP contribution in [0, 0.1) is 5.82 Å². The molecule has 0 bridgehead atoms. The van der Waals surface area contributed by atoms with E-state index < -0.39 is 0 Å². The molecule has 0 unspecified atom stereocenters. The van der Waals surface area contributed by atoms with Crippen molar-refractivity contribution in [2.24, 2.45) is 5.73 Å². The Balaban J connectivity index is 2.48. The Morgan fingerprint density at radius 1 is 1.50 bits per heavy atom. The molecule has 0 aromatic heterocycles. The average molecular weight is 260 g/mol. The fourth-order valence-electron chi connectivity index (χ4n) is 1.42. The normalized spacial score (nSPS) is 18.0. The van der Waals surface area contributed by atoms with Crippen molar-refractivity contribution in [3.63, 3.8) is 0 Å². The van der Waals surface area contributed by atoms with Crippen LogP contribution in [0.15, 0.2) is 16.6 Å². The summed E-state index contributed by atoms with van der Waals surface area (Å²) in [5.41, 5.74) is 6.68. The van der Waals surface area contributed by atoms with Crippen molar-refractivity contribution in [3.05, 3.63) is 28.0 Å². The highest BCUT2D eigenvalue weighted by molar-refractivity contribution is 9.10. The molecule has 1 fully saturated rings. The maximum Gasteiger partial charge on any atom is 0.179 e. The molecular weight excluding hydrogens is 249 g/mol. The van der Waals surface area contributed by atoms with Gasteiger partial charge in [0.15, 0.2) is 11.6 Å². The van der Waals surface area contributed by atoms with E-state index >= 15 is 0 Å². The summed E-state index contributed by atoms with van der Waals surface area (Å²) in [5, 5.41) is 0. The summed E-state index contributed by atoms with van der Waals surface area (Å²) in [6, 6.07) is 3.40. The van der Waals surface area contributed by atoms with Gasteiger partial charge < -0.3 is 10.5 Å². The number of hydrogen-bond donors (Lipinski definition) is 1. The van der Waals surface area contributed by atoms with Crippen molar-refractivity contribution in [1.29, 1.82) is 0 Å². The summed E-state index contributed by atoms with van der Waals surface area (Å²) in [6.07, 6.45) is 1.91. The van der Waals surface area contributed by atoms with E-state index in [9.17, 15) is 4.39 Å². The maximum absolute atomic E-state index is 13.4. The van der Waals surface area contributed by atoms with E-state index in [1.165, 1.54) is 7.11 Å². The molecule has 14 heavy (non-hydrogen) atoms. The minimum atomic E-state index is -0.375. The summed E-state index contributed by atoms with van der Waals surface area (Å²) >= 11 is 3.15. The van der Waals surface area contributed by atoms with Gasteiger partial charge in [-0.25, -0.2) is 4.39 Å². The first-order chi connectivity index (χ1) is 6.57. The predicted octanol–water partition coefficient (Wildman–Crippen LogP) is 2.54. The third-order valence-corrected chi connectivity index (χ3v) is 3.16. The second kappa shape index (κ2) is 3.21. The van der Waals surface area contributed by atoms with Crippen LogP contribution in [0.4, 0.5) is 4.39 Å². The molecule has 1 aliphatic carbocycles. The first kappa shape index (κ1) is 9.93. The van der Waals surface area contributed by atoms with Gasteiger partial charge >= 0.3 is 0 Å². The summed E-state index contributed by atoms with van der Waals surface area (Å²) in [7, 11) is 1.45. The molecular formula is C10H11BrFNO. The van der Waals surface area contributed by atoms with Crippen molar-refractivity contribution in [2.75, 3.05) is 7.11 Å². The van der Waals surface area contributed by atoms with Gasteiger partial charge in [0.2, 0.25) is 0 Å². The van der Waals surface area contributed by atoms with E-state index in [-0.39, 0.29) is 17.1 Å². The molecule has 1 aliphatic rings. The standard InChI is InChI=1S/C10H11BrFNO/c1-14-8-5-6(10(13)2-3-10)4-7(11)9(8)12/h4-5H,2-3,13H2,1H3. The minimum absolute atomic E-state index is 0.242. The number of halogens is 2. The predicted molar refractivity (Wildman–Crippen MR) is 55.8 cm³/mol. The van der Waals surface area contributed by atoms with E-state index in [0.29, 0.717) is 4.47 Å². The Labute approximate surface area is 90.4 Å². The lowest BCUT2D eigenvalue weighted by Gasteiger charge is -2.12. The number of hydrogen-bond acceptors (Lipinski definition) is 2. The van der Waals surface area contributed by atoms with Gasteiger partial charge in [-0.15, -0.1) is 0 Å². The molecule has 2 nitrogen and oxygen atoms in total. The molecule has 1 aromatic rings. The van der Waals surface area contributed by atoms with E-state index in [2.05, 4.69) is 15.9 Å². The summed E-state index contributed by atoms with van der Waals surface area (Å²) in [5.74, 6) is -0.133. The Kier molecular flexibility index (Phi) is 2.27. The van der Waals surface area contributed by atoms with Crippen LogP contribution >= 0.6 is 15.9 Å². The summed E-state index contributed by atoms with van der Waals surface area (Å²) in [6.45, 7) is 0. The van der Waals surface area contributed by atoms with Gasteiger partial charge in [0.1, 0.15) is 0 Å². The highest BCUT2D eigenvalue weighted by atomic mass is 79.9. The van der Waals surface area contributed by atoms with Gasteiger partial charge in [-0.2, -0.15) is 0 Å². The maximum atomic E-state index is 13.4. The van der Waals surface area contributed by atoms with Crippen LogP contribution in [0.2, 0.25) is 0 Å². The van der Waals surface area contributed by atoms with E-state index in [1.54, 1.807) is 12.1 Å². The zero-order valence-corrected chi connectivity index (χ0v) is 9.40. The summed E-state index contributed by atoms with van der Waals surface area (Å²) in [4.78, 5) is 0. The van der Waals surface area contributed by atoms with Crippen LogP contribution in [-0.4, -0.2) is 7.11 Å². The third-order valence-electron chi connectivity index (χ3n) is 2.58. The molecule has 0 heterocycles. The lowest BCUT2D eigenvalue weighted by molar-refractivity contribution is 0.384. The van der Waals surface area contributed by atoms with Gasteiger partial charge in [-0.1, -0.05) is 0 Å². The molecule has 0 spiro atoms. The molecule has 0 aliphatic heterocycles. The second-order valence-corrected chi connectivity index (χ2v) is 4.48. The van der Waals surface area contributed by atoms with Crippen LogP contribution in [0.5, 0.6) is 5.75 Å². The molecule has 1 aromatic carbocycles. The van der Waals surface area contributed by atoms with Gasteiger partial charge in [-0.05, 0) is 46.5 Å². The number of rotatable bonds is 2. The fraction of sp³-hybridized carbons (Fsp3) is 0.400. The molecule has 2 rings (SSSR count). The Bertz CT molecular complexity index is 377. The smallest absolute Gasteiger partial charge is 0.179 e. The van der Waals surface area contributed by atoms with Crippen molar-refractivity contribution in [3.8, 4) is 5.75 Å². The van der Waals surface area contributed by atoms with Crippen molar-refractivity contribution in [1.82, 2.24) is 0 Å². The van der Waals surface area contributed by atoms with Crippen LogP contribution < -0.4 is 10.5 Å². The molecule has 4 heteroatoms. The molecule has 0 radical (unpaired) electrons. The van der Waals surface area contributed by atoms with Gasteiger partial charge in [0, 0.05) is 5.54 Å². The highest BCUT2D eigenvalue weighted by Crippen LogP contribution is 2.45. The Morgan fingerprint density at radius 2 is 2.14 bits per heavy atom. The molecule has 0 amide bonds. The van der Waals surface area contributed by atoms with Crippen LogP contribution in [0.1, 0.15) is 18.4 Å². The monoisotopic (exact) mass is 259 g/mol. The number of nitrogens with two attached hydrogens (primary N) is 1. The number of methoxy groups -OCH3 is 1. The Morgan fingerprint density at radius 3 is 2.64 bits per heavy atom. The Hall–Kier alpha value is -0.610. The largest absolute Gasteiger partial charge is 0.494 e. The lowest BCUT2D eigenvalue weighted by Crippen LogP contribution is -2.18. The lowest BCUT2D eigenvalue weighted by atomic mass is 10.1. The number of ether oxygens (including phenoxy) is 1. The van der Waals surface area contributed by atoms with Crippen LogP contribution in [0.25, 0.3) is 0 Å². The van der Waals surface area contributed by atoms with Gasteiger partial charge in [-0.3, -0.25) is 0 Å². The van der Waals surface area contributed by atoms with Gasteiger partial charge in [0.25, 0.3) is 0 Å². The summed E-state index contributed by atoms with van der Waals surface area (Å²) < 4.78 is 18.7. The number of benzene rings is 1. The second-order valence-electron chi connectivity index (χ2n) is 3.63.